The van der Waals surface area contributed by atoms with Gasteiger partial charge in [0.2, 0.25) is 15.9 Å². The fraction of sp³-hybridized carbons (Fsp3) is 0.240. The number of benzene rings is 3. The van der Waals surface area contributed by atoms with E-state index >= 15 is 0 Å². The highest BCUT2D eigenvalue weighted by atomic mass is 35.5. The molecule has 1 aliphatic rings. The highest BCUT2D eigenvalue weighted by Gasteiger charge is 2.34. The summed E-state index contributed by atoms with van der Waals surface area (Å²) in [5.74, 6) is -0.243. The topological polar surface area (TPSA) is 57.7 Å². The molecule has 0 aliphatic carbocycles. The summed E-state index contributed by atoms with van der Waals surface area (Å²) in [6.07, 6.45) is 0.754. The van der Waals surface area contributed by atoms with Gasteiger partial charge < -0.3 is 4.90 Å². The lowest BCUT2D eigenvalue weighted by molar-refractivity contribution is -0.119. The van der Waals surface area contributed by atoms with Gasteiger partial charge in [0, 0.05) is 23.3 Å². The first-order valence-corrected chi connectivity index (χ1v) is 12.3. The minimum absolute atomic E-state index is 0.0284. The van der Waals surface area contributed by atoms with Crippen LogP contribution in [0.1, 0.15) is 23.6 Å². The molecule has 5 nitrogen and oxygen atoms in total. The summed E-state index contributed by atoms with van der Waals surface area (Å²) < 4.78 is 28.3. The van der Waals surface area contributed by atoms with Gasteiger partial charge in [0.1, 0.15) is 0 Å². The van der Waals surface area contributed by atoms with Crippen molar-refractivity contribution in [1.82, 2.24) is 4.31 Å². The Bertz CT molecular complexity index is 1220. The molecule has 1 amide bonds. The predicted octanol–water partition coefficient (Wildman–Crippen LogP) is 4.82. The molecule has 0 radical (unpaired) electrons. The summed E-state index contributed by atoms with van der Waals surface area (Å²) in [4.78, 5) is 15.3. The van der Waals surface area contributed by atoms with Crippen molar-refractivity contribution in [3.63, 3.8) is 0 Å². The summed E-state index contributed by atoms with van der Waals surface area (Å²) in [5, 5.41) is 0.570. The smallest absolute Gasteiger partial charge is 0.243 e. The number of amides is 1. The Hall–Kier alpha value is -2.67. The van der Waals surface area contributed by atoms with Gasteiger partial charge in [0.15, 0.2) is 0 Å². The number of nitrogens with zero attached hydrogens (tertiary/aromatic N) is 2. The standard InChI is InChI=1S/C25H25ClN2O3S/c1-18-7-13-23(14-8-18)32(30,31)27(16-20-9-11-22(26)12-10-20)17-25(29)28-19(2)15-21-5-3-4-6-24(21)28/h3-14,19H,15-17H2,1-2H3/t19-/m1/s1. The number of aryl methyl sites for hydroxylation is 1. The van der Waals surface area contributed by atoms with Crippen LogP contribution in [-0.2, 0) is 27.8 Å². The maximum Gasteiger partial charge on any atom is 0.243 e. The van der Waals surface area contributed by atoms with Crippen molar-refractivity contribution in [2.75, 3.05) is 11.4 Å². The molecule has 4 rings (SSSR count). The fourth-order valence-corrected chi connectivity index (χ4v) is 5.55. The van der Waals surface area contributed by atoms with Crippen LogP contribution in [0.25, 0.3) is 0 Å². The first kappa shape index (κ1) is 22.5. The highest BCUT2D eigenvalue weighted by molar-refractivity contribution is 7.89. The Morgan fingerprint density at radius 3 is 2.38 bits per heavy atom. The van der Waals surface area contributed by atoms with Gasteiger partial charge in [-0.1, -0.05) is 59.6 Å². The van der Waals surface area contributed by atoms with E-state index in [2.05, 4.69) is 0 Å². The number of para-hydroxylation sites is 1. The molecule has 0 unspecified atom stereocenters. The third-order valence-electron chi connectivity index (χ3n) is 5.72. The molecule has 7 heteroatoms. The molecule has 0 aromatic heterocycles. The van der Waals surface area contributed by atoms with Crippen LogP contribution in [-0.4, -0.2) is 31.2 Å². The molecule has 1 heterocycles. The monoisotopic (exact) mass is 468 g/mol. The van der Waals surface area contributed by atoms with E-state index in [9.17, 15) is 13.2 Å². The van der Waals surface area contributed by atoms with Crippen molar-refractivity contribution in [2.45, 2.75) is 37.8 Å². The van der Waals surface area contributed by atoms with E-state index in [4.69, 9.17) is 11.6 Å². The maximum absolute atomic E-state index is 13.5. The molecule has 0 fully saturated rings. The first-order valence-electron chi connectivity index (χ1n) is 10.5. The number of fused-ring (bicyclic) bond motifs is 1. The van der Waals surface area contributed by atoms with Gasteiger partial charge in [0.25, 0.3) is 0 Å². The zero-order valence-electron chi connectivity index (χ0n) is 18.0. The van der Waals surface area contributed by atoms with Crippen LogP contribution < -0.4 is 4.90 Å². The zero-order chi connectivity index (χ0) is 22.9. The van der Waals surface area contributed by atoms with E-state index in [0.717, 1.165) is 28.8 Å². The van der Waals surface area contributed by atoms with Crippen LogP contribution in [0.5, 0.6) is 0 Å². The molecule has 166 valence electrons. The predicted molar refractivity (Wildman–Crippen MR) is 127 cm³/mol. The van der Waals surface area contributed by atoms with Crippen LogP contribution in [0.2, 0.25) is 5.02 Å². The van der Waals surface area contributed by atoms with Gasteiger partial charge in [-0.25, -0.2) is 8.42 Å². The first-order chi connectivity index (χ1) is 15.3. The molecule has 0 saturated carbocycles. The van der Waals surface area contributed by atoms with Crippen molar-refractivity contribution in [3.8, 4) is 0 Å². The van der Waals surface area contributed by atoms with Gasteiger partial charge in [0.05, 0.1) is 11.4 Å². The maximum atomic E-state index is 13.5. The van der Waals surface area contributed by atoms with Crippen molar-refractivity contribution in [2.24, 2.45) is 0 Å². The highest BCUT2D eigenvalue weighted by Crippen LogP contribution is 2.32. The summed E-state index contributed by atoms with van der Waals surface area (Å²) in [6.45, 7) is 3.70. The largest absolute Gasteiger partial charge is 0.308 e. The van der Waals surface area contributed by atoms with Crippen LogP contribution in [0, 0.1) is 6.92 Å². The molecular weight excluding hydrogens is 444 g/mol. The number of anilines is 1. The van der Waals surface area contributed by atoms with E-state index in [1.165, 1.54) is 4.31 Å². The number of rotatable bonds is 6. The molecule has 0 N–H and O–H groups in total. The summed E-state index contributed by atoms with van der Waals surface area (Å²) in [6, 6.07) is 21.4. The van der Waals surface area contributed by atoms with Crippen molar-refractivity contribution in [3.05, 3.63) is 94.5 Å². The molecule has 32 heavy (non-hydrogen) atoms. The van der Waals surface area contributed by atoms with E-state index in [0.29, 0.717) is 5.02 Å². The van der Waals surface area contributed by atoms with E-state index in [1.54, 1.807) is 53.4 Å². The van der Waals surface area contributed by atoms with Crippen molar-refractivity contribution in [1.29, 1.82) is 0 Å². The Kier molecular flexibility index (Phi) is 6.38. The Balaban J connectivity index is 1.67. The summed E-state index contributed by atoms with van der Waals surface area (Å²) in [7, 11) is -3.89. The number of halogens is 1. The lowest BCUT2D eigenvalue weighted by Crippen LogP contribution is -2.44. The van der Waals surface area contributed by atoms with E-state index < -0.39 is 10.0 Å². The normalized spacial score (nSPS) is 15.8. The van der Waals surface area contributed by atoms with Gasteiger partial charge >= 0.3 is 0 Å². The molecule has 3 aromatic carbocycles. The second-order valence-corrected chi connectivity index (χ2v) is 10.5. The van der Waals surface area contributed by atoms with Gasteiger partial charge in [-0.2, -0.15) is 4.31 Å². The SMILES string of the molecule is Cc1ccc(S(=O)(=O)N(CC(=O)N2c3ccccc3C[C@H]2C)Cc2ccc(Cl)cc2)cc1. The average Bonchev–Trinajstić information content (AvgIpc) is 3.10. The fourth-order valence-electron chi connectivity index (χ4n) is 4.05. The third-order valence-corrected chi connectivity index (χ3v) is 7.78. The van der Waals surface area contributed by atoms with Crippen LogP contribution in [0.4, 0.5) is 5.69 Å². The summed E-state index contributed by atoms with van der Waals surface area (Å²) in [5.41, 5.74) is 3.67. The Morgan fingerprint density at radius 2 is 1.69 bits per heavy atom. The number of carbonyl (C=O) groups excluding carboxylic acids is 1. The van der Waals surface area contributed by atoms with Crippen molar-refractivity contribution >= 4 is 33.2 Å². The number of sulfonamides is 1. The van der Waals surface area contributed by atoms with Crippen LogP contribution >= 0.6 is 11.6 Å². The minimum atomic E-state index is -3.89. The number of hydrogen-bond acceptors (Lipinski definition) is 3. The second kappa shape index (κ2) is 9.06. The van der Waals surface area contributed by atoms with Gasteiger partial charge in [-0.15, -0.1) is 0 Å². The zero-order valence-corrected chi connectivity index (χ0v) is 19.6. The molecule has 0 saturated heterocycles. The van der Waals surface area contributed by atoms with Gasteiger partial charge in [-0.05, 0) is 61.7 Å². The molecular formula is C25H25ClN2O3S. The Morgan fingerprint density at radius 1 is 1.03 bits per heavy atom. The third kappa shape index (κ3) is 4.58. The molecule has 1 aliphatic heterocycles. The van der Waals surface area contributed by atoms with Crippen LogP contribution in [0.15, 0.2) is 77.7 Å². The number of hydrogen-bond donors (Lipinski definition) is 0. The van der Waals surface area contributed by atoms with Crippen LogP contribution in [0.3, 0.4) is 0 Å². The molecule has 0 spiro atoms. The Labute approximate surface area is 194 Å². The lowest BCUT2D eigenvalue weighted by atomic mass is 10.1. The van der Waals surface area contributed by atoms with E-state index in [1.807, 2.05) is 38.1 Å². The molecule has 0 bridgehead atoms. The second-order valence-electron chi connectivity index (χ2n) is 8.16. The lowest BCUT2D eigenvalue weighted by Gasteiger charge is -2.27. The quantitative estimate of drug-likeness (QED) is 0.521. The van der Waals surface area contributed by atoms with Gasteiger partial charge in [-0.3, -0.25) is 4.79 Å². The van der Waals surface area contributed by atoms with Crippen molar-refractivity contribution < 1.29 is 13.2 Å². The average molecular weight is 469 g/mol. The minimum Gasteiger partial charge on any atom is -0.308 e. The molecule has 1 atom stereocenters. The summed E-state index contributed by atoms with van der Waals surface area (Å²) >= 11 is 5.99. The molecule has 3 aromatic rings. The van der Waals surface area contributed by atoms with E-state index in [-0.39, 0.29) is 29.9 Å². The number of carbonyl (C=O) groups is 1.